The Bertz CT molecular complexity index is 449. The number of aromatic nitrogens is 1. The molecule has 1 aliphatic heterocycles. The second-order valence-electron chi connectivity index (χ2n) is 5.82. The Morgan fingerprint density at radius 1 is 1.35 bits per heavy atom. The van der Waals surface area contributed by atoms with Crippen LogP contribution in [0.4, 0.5) is 4.79 Å². The van der Waals surface area contributed by atoms with Crippen molar-refractivity contribution >= 4 is 6.03 Å². The quantitative estimate of drug-likeness (QED) is 0.792. The van der Waals surface area contributed by atoms with Crippen molar-refractivity contribution < 1.29 is 9.53 Å². The van der Waals surface area contributed by atoms with E-state index >= 15 is 0 Å². The third-order valence-electron chi connectivity index (χ3n) is 3.94. The van der Waals surface area contributed by atoms with Crippen molar-refractivity contribution in [3.63, 3.8) is 0 Å². The predicted molar refractivity (Wildman–Crippen MR) is 90.2 cm³/mol. The van der Waals surface area contributed by atoms with Crippen molar-refractivity contribution in [2.45, 2.75) is 26.3 Å². The zero-order valence-electron chi connectivity index (χ0n) is 14.0. The number of pyridine rings is 1. The molecule has 0 saturated carbocycles. The van der Waals surface area contributed by atoms with Gasteiger partial charge in [0, 0.05) is 51.7 Å². The van der Waals surface area contributed by atoms with Crippen molar-refractivity contribution in [3.05, 3.63) is 30.1 Å². The highest BCUT2D eigenvalue weighted by Gasteiger charge is 2.15. The highest BCUT2D eigenvalue weighted by atomic mass is 16.5. The molecule has 1 aliphatic rings. The average Bonchev–Trinajstić information content (AvgIpc) is 2.60. The molecular formula is C17H28N4O2. The number of morpholine rings is 1. The molecule has 2 amide bonds. The Labute approximate surface area is 138 Å². The minimum atomic E-state index is 0.0191. The molecule has 1 saturated heterocycles. The molecule has 6 heteroatoms. The summed E-state index contributed by atoms with van der Waals surface area (Å²) in [5, 5.41) is 2.98. The van der Waals surface area contributed by atoms with Gasteiger partial charge in [0.15, 0.2) is 0 Å². The molecule has 1 aromatic rings. The van der Waals surface area contributed by atoms with E-state index in [1.165, 1.54) is 0 Å². The molecule has 0 atom stereocenters. The number of urea groups is 1. The first kappa shape index (κ1) is 17.7. The molecule has 0 bridgehead atoms. The van der Waals surface area contributed by atoms with Crippen LogP contribution in [0.15, 0.2) is 24.5 Å². The smallest absolute Gasteiger partial charge is 0.317 e. The van der Waals surface area contributed by atoms with Crippen LogP contribution in [-0.2, 0) is 11.3 Å². The lowest BCUT2D eigenvalue weighted by Crippen LogP contribution is -2.42. The number of amides is 2. The minimum absolute atomic E-state index is 0.0191. The first-order valence-corrected chi connectivity index (χ1v) is 8.51. The van der Waals surface area contributed by atoms with Crippen molar-refractivity contribution in [2.75, 3.05) is 45.9 Å². The van der Waals surface area contributed by atoms with Gasteiger partial charge >= 0.3 is 6.03 Å². The van der Waals surface area contributed by atoms with E-state index in [1.807, 2.05) is 17.0 Å². The van der Waals surface area contributed by atoms with Crippen molar-refractivity contribution in [3.8, 4) is 0 Å². The molecular weight excluding hydrogens is 292 g/mol. The van der Waals surface area contributed by atoms with E-state index in [0.717, 1.165) is 64.3 Å². The summed E-state index contributed by atoms with van der Waals surface area (Å²) in [6.45, 7) is 8.79. The Balaban J connectivity index is 1.83. The van der Waals surface area contributed by atoms with Gasteiger partial charge in [-0.1, -0.05) is 6.92 Å². The highest BCUT2D eigenvalue weighted by Crippen LogP contribution is 2.06. The molecule has 6 nitrogen and oxygen atoms in total. The molecule has 1 N–H and O–H groups in total. The summed E-state index contributed by atoms with van der Waals surface area (Å²) in [5.74, 6) is 0. The van der Waals surface area contributed by atoms with Gasteiger partial charge in [-0.3, -0.25) is 9.88 Å². The number of hydrogen-bond acceptors (Lipinski definition) is 4. The summed E-state index contributed by atoms with van der Waals surface area (Å²) in [6.07, 6.45) is 5.46. The predicted octanol–water partition coefficient (Wildman–Crippen LogP) is 1.73. The van der Waals surface area contributed by atoms with Crippen molar-refractivity contribution in [1.82, 2.24) is 20.1 Å². The molecule has 2 rings (SSSR count). The lowest BCUT2D eigenvalue weighted by molar-refractivity contribution is 0.0364. The molecule has 23 heavy (non-hydrogen) atoms. The lowest BCUT2D eigenvalue weighted by atomic mass is 10.2. The topological polar surface area (TPSA) is 57.7 Å². The number of carbonyl (C=O) groups is 1. The van der Waals surface area contributed by atoms with Gasteiger partial charge in [-0.25, -0.2) is 4.79 Å². The fourth-order valence-corrected chi connectivity index (χ4v) is 2.61. The lowest BCUT2D eigenvalue weighted by Gasteiger charge is -2.28. The van der Waals surface area contributed by atoms with Crippen LogP contribution in [0.3, 0.4) is 0 Å². The zero-order chi connectivity index (χ0) is 16.3. The van der Waals surface area contributed by atoms with Crippen LogP contribution < -0.4 is 5.32 Å². The van der Waals surface area contributed by atoms with Gasteiger partial charge in [-0.05, 0) is 30.5 Å². The van der Waals surface area contributed by atoms with Crippen LogP contribution >= 0.6 is 0 Å². The van der Waals surface area contributed by atoms with Crippen LogP contribution in [-0.4, -0.2) is 66.8 Å². The number of ether oxygens (including phenoxy) is 1. The van der Waals surface area contributed by atoms with E-state index in [0.29, 0.717) is 6.54 Å². The highest BCUT2D eigenvalue weighted by molar-refractivity contribution is 5.74. The number of hydrogen-bond donors (Lipinski definition) is 1. The van der Waals surface area contributed by atoms with E-state index in [2.05, 4.69) is 22.1 Å². The van der Waals surface area contributed by atoms with E-state index in [9.17, 15) is 4.79 Å². The Hall–Kier alpha value is -1.66. The normalized spacial score (nSPS) is 15.3. The largest absolute Gasteiger partial charge is 0.379 e. The monoisotopic (exact) mass is 320 g/mol. The fourth-order valence-electron chi connectivity index (χ4n) is 2.61. The van der Waals surface area contributed by atoms with E-state index in [1.54, 1.807) is 12.4 Å². The maximum Gasteiger partial charge on any atom is 0.317 e. The fraction of sp³-hybridized carbons (Fsp3) is 0.647. The number of carbonyl (C=O) groups excluding carboxylic acids is 1. The van der Waals surface area contributed by atoms with Gasteiger partial charge in [-0.2, -0.15) is 0 Å². The zero-order valence-corrected chi connectivity index (χ0v) is 14.0. The molecule has 0 spiro atoms. The maximum atomic E-state index is 12.4. The summed E-state index contributed by atoms with van der Waals surface area (Å²) in [6, 6.07) is 3.94. The van der Waals surface area contributed by atoms with Crippen LogP contribution in [0.2, 0.25) is 0 Å². The van der Waals surface area contributed by atoms with E-state index < -0.39 is 0 Å². The third kappa shape index (κ3) is 6.54. The molecule has 0 radical (unpaired) electrons. The summed E-state index contributed by atoms with van der Waals surface area (Å²) in [4.78, 5) is 20.7. The molecule has 0 aromatic carbocycles. The molecule has 1 fully saturated rings. The van der Waals surface area contributed by atoms with Gasteiger partial charge in [0.2, 0.25) is 0 Å². The molecule has 2 heterocycles. The second-order valence-corrected chi connectivity index (χ2v) is 5.82. The number of rotatable bonds is 8. The summed E-state index contributed by atoms with van der Waals surface area (Å²) < 4.78 is 5.37. The number of nitrogens with one attached hydrogen (secondary N) is 1. The third-order valence-corrected chi connectivity index (χ3v) is 3.94. The Kier molecular flexibility index (Phi) is 7.83. The van der Waals surface area contributed by atoms with Gasteiger partial charge in [-0.15, -0.1) is 0 Å². The molecule has 1 aromatic heterocycles. The van der Waals surface area contributed by atoms with E-state index in [-0.39, 0.29) is 6.03 Å². The van der Waals surface area contributed by atoms with Crippen molar-refractivity contribution in [1.29, 1.82) is 0 Å². The molecule has 0 unspecified atom stereocenters. The van der Waals surface area contributed by atoms with Crippen LogP contribution in [0.25, 0.3) is 0 Å². The second kappa shape index (κ2) is 10.2. The van der Waals surface area contributed by atoms with Crippen molar-refractivity contribution in [2.24, 2.45) is 0 Å². The van der Waals surface area contributed by atoms with Crippen LogP contribution in [0.5, 0.6) is 0 Å². The first-order chi connectivity index (χ1) is 11.3. The number of nitrogens with zero attached hydrogens (tertiary/aromatic N) is 3. The maximum absolute atomic E-state index is 12.4. The SMILES string of the molecule is CCCNC(=O)N(CCCN1CCOCC1)Cc1ccncc1. The first-order valence-electron chi connectivity index (χ1n) is 8.51. The van der Waals surface area contributed by atoms with Gasteiger partial charge in [0.25, 0.3) is 0 Å². The van der Waals surface area contributed by atoms with E-state index in [4.69, 9.17) is 4.74 Å². The van der Waals surface area contributed by atoms with Crippen LogP contribution in [0, 0.1) is 0 Å². The summed E-state index contributed by atoms with van der Waals surface area (Å²) in [5.41, 5.74) is 1.11. The average molecular weight is 320 g/mol. The minimum Gasteiger partial charge on any atom is -0.379 e. The summed E-state index contributed by atoms with van der Waals surface area (Å²) >= 11 is 0. The van der Waals surface area contributed by atoms with Gasteiger partial charge in [0.05, 0.1) is 13.2 Å². The molecule has 128 valence electrons. The Morgan fingerprint density at radius 3 is 2.78 bits per heavy atom. The van der Waals surface area contributed by atoms with Gasteiger partial charge < -0.3 is 15.0 Å². The Morgan fingerprint density at radius 2 is 2.09 bits per heavy atom. The van der Waals surface area contributed by atoms with Crippen LogP contribution in [0.1, 0.15) is 25.3 Å². The molecule has 0 aliphatic carbocycles. The summed E-state index contributed by atoms with van der Waals surface area (Å²) in [7, 11) is 0. The van der Waals surface area contributed by atoms with Gasteiger partial charge in [0.1, 0.15) is 0 Å². The standard InChI is InChI=1S/C17H28N4O2/c1-2-6-19-17(22)21(15-16-4-7-18-8-5-16)10-3-9-20-11-13-23-14-12-20/h4-5,7-8H,2-3,6,9-15H2,1H3,(H,19,22).